The lowest BCUT2D eigenvalue weighted by Crippen LogP contribution is -2.54. The molecule has 0 aliphatic heterocycles. The van der Waals surface area contributed by atoms with Crippen molar-refractivity contribution < 1.29 is 15.3 Å². The fourth-order valence-electron chi connectivity index (χ4n) is 9.06. The van der Waals surface area contributed by atoms with Gasteiger partial charge in [0.25, 0.3) is 0 Å². The first kappa shape index (κ1) is 26.4. The summed E-state index contributed by atoms with van der Waals surface area (Å²) in [6.07, 6.45) is 13.1. The maximum atomic E-state index is 10.8. The van der Waals surface area contributed by atoms with Crippen LogP contribution in [0, 0.1) is 44.8 Å². The molecule has 0 saturated heterocycles. The van der Waals surface area contributed by atoms with E-state index in [0.29, 0.717) is 17.8 Å². The van der Waals surface area contributed by atoms with Gasteiger partial charge in [0, 0.05) is 5.41 Å². The van der Waals surface area contributed by atoms with E-state index in [0.717, 1.165) is 38.5 Å². The molecule has 2 saturated carbocycles. The lowest BCUT2D eigenvalue weighted by atomic mass is 9.44. The molecule has 4 aliphatic rings. The Morgan fingerprint density at radius 2 is 1.68 bits per heavy atom. The van der Waals surface area contributed by atoms with Crippen molar-refractivity contribution in [2.24, 2.45) is 44.8 Å². The monoisotopic (exact) mass is 472 g/mol. The molecule has 3 heteroatoms. The fourth-order valence-corrected chi connectivity index (χ4v) is 9.06. The normalized spacial score (nSPS) is 43.2. The predicted octanol–water partition coefficient (Wildman–Crippen LogP) is 6.67. The van der Waals surface area contributed by atoms with Crippen molar-refractivity contribution >= 4 is 0 Å². The van der Waals surface area contributed by atoms with E-state index in [9.17, 15) is 15.3 Å². The summed E-state index contributed by atoms with van der Waals surface area (Å²) in [4.78, 5) is 0. The Bertz CT molecular complexity index is 853. The molecule has 4 rings (SSSR count). The van der Waals surface area contributed by atoms with Gasteiger partial charge in [-0.1, -0.05) is 67.5 Å². The lowest BCUT2D eigenvalue weighted by molar-refractivity contribution is -0.0851. The Morgan fingerprint density at radius 3 is 2.32 bits per heavy atom. The van der Waals surface area contributed by atoms with Gasteiger partial charge in [-0.2, -0.15) is 0 Å². The third-order valence-electron chi connectivity index (χ3n) is 12.2. The first-order chi connectivity index (χ1) is 15.6. The molecule has 8 atom stereocenters. The van der Waals surface area contributed by atoms with E-state index < -0.39 is 11.5 Å². The maximum Gasteiger partial charge on any atom is 0.0613 e. The smallest absolute Gasteiger partial charge is 0.0613 e. The summed E-state index contributed by atoms with van der Waals surface area (Å²) in [6.45, 7) is 18.5. The molecule has 8 unspecified atom stereocenters. The van der Waals surface area contributed by atoms with Crippen LogP contribution in [0.15, 0.2) is 23.3 Å². The van der Waals surface area contributed by atoms with Gasteiger partial charge in [0.1, 0.15) is 0 Å². The number of hydrogen-bond acceptors (Lipinski definition) is 3. The van der Waals surface area contributed by atoms with Gasteiger partial charge in [0.05, 0.1) is 18.8 Å². The summed E-state index contributed by atoms with van der Waals surface area (Å²) >= 11 is 0. The van der Waals surface area contributed by atoms with Gasteiger partial charge in [-0.25, -0.2) is 0 Å². The van der Waals surface area contributed by atoms with Crippen LogP contribution in [0.5, 0.6) is 0 Å². The quantitative estimate of drug-likeness (QED) is 0.405. The summed E-state index contributed by atoms with van der Waals surface area (Å²) in [5, 5.41) is 31.1. The second-order valence-electron chi connectivity index (χ2n) is 14.6. The molecule has 0 aromatic carbocycles. The van der Waals surface area contributed by atoms with E-state index in [1.165, 1.54) is 12.8 Å². The van der Waals surface area contributed by atoms with Gasteiger partial charge in [0.2, 0.25) is 0 Å². The van der Waals surface area contributed by atoms with E-state index in [1.807, 2.05) is 13.8 Å². The van der Waals surface area contributed by atoms with Crippen molar-refractivity contribution in [1.82, 2.24) is 0 Å². The Labute approximate surface area is 209 Å². The number of hydrogen-bond donors (Lipinski definition) is 3. The molecule has 0 aromatic rings. The molecule has 0 amide bonds. The molecular formula is C31H52O3. The van der Waals surface area contributed by atoms with Crippen molar-refractivity contribution in [1.29, 1.82) is 0 Å². The molecular weight excluding hydrogens is 420 g/mol. The number of fused-ring (bicyclic) bond motifs is 5. The molecule has 0 heterocycles. The molecule has 194 valence electrons. The third-order valence-corrected chi connectivity index (χ3v) is 12.2. The summed E-state index contributed by atoms with van der Waals surface area (Å²) < 4.78 is 0. The van der Waals surface area contributed by atoms with Crippen molar-refractivity contribution in [3.63, 3.8) is 0 Å². The van der Waals surface area contributed by atoms with Gasteiger partial charge in [-0.15, -0.1) is 0 Å². The highest BCUT2D eigenvalue weighted by molar-refractivity contribution is 5.49. The van der Waals surface area contributed by atoms with Gasteiger partial charge in [0.15, 0.2) is 0 Å². The number of rotatable bonds is 6. The third kappa shape index (κ3) is 3.62. The summed E-state index contributed by atoms with van der Waals surface area (Å²) in [7, 11) is 0. The summed E-state index contributed by atoms with van der Waals surface area (Å²) in [6, 6.07) is 0. The van der Waals surface area contributed by atoms with E-state index in [1.54, 1.807) is 11.1 Å². The Kier molecular flexibility index (Phi) is 6.57. The van der Waals surface area contributed by atoms with Crippen LogP contribution in [-0.2, 0) is 0 Å². The zero-order valence-electron chi connectivity index (χ0n) is 23.2. The summed E-state index contributed by atoms with van der Waals surface area (Å²) in [5.41, 5.74) is 3.37. The molecule has 4 aliphatic carbocycles. The number of aliphatic hydroxyl groups is 3. The van der Waals surface area contributed by atoms with Crippen LogP contribution in [0.1, 0.15) is 107 Å². The van der Waals surface area contributed by atoms with Gasteiger partial charge < -0.3 is 15.3 Å². The highest BCUT2D eigenvalue weighted by Gasteiger charge is 2.63. The van der Waals surface area contributed by atoms with Gasteiger partial charge in [-0.3, -0.25) is 0 Å². The minimum absolute atomic E-state index is 0.0249. The van der Waals surface area contributed by atoms with Crippen molar-refractivity contribution in [3.8, 4) is 0 Å². The maximum absolute atomic E-state index is 10.8. The van der Waals surface area contributed by atoms with Crippen LogP contribution in [0.2, 0.25) is 0 Å². The average Bonchev–Trinajstić information content (AvgIpc) is 3.06. The van der Waals surface area contributed by atoms with Crippen molar-refractivity contribution in [3.05, 3.63) is 23.3 Å². The first-order valence-electron chi connectivity index (χ1n) is 14.0. The second kappa shape index (κ2) is 8.45. The number of allylic oxidation sites excluding steroid dienone is 4. The van der Waals surface area contributed by atoms with Gasteiger partial charge in [-0.05, 0) is 102 Å². The highest BCUT2D eigenvalue weighted by Crippen LogP contribution is 2.71. The van der Waals surface area contributed by atoms with Crippen molar-refractivity contribution in [2.75, 3.05) is 6.61 Å². The van der Waals surface area contributed by atoms with Crippen LogP contribution < -0.4 is 0 Å². The molecule has 0 bridgehead atoms. The number of aliphatic hydroxyl groups excluding tert-OH is 3. The SMILES string of the molecule is CC(CCC(O)C(C)(C)CO)C1CCC2(C)C3=CCC4C(C)(CCC(O)C4(C)C)C3=CCC12C. The molecule has 34 heavy (non-hydrogen) atoms. The van der Waals surface area contributed by atoms with Crippen LogP contribution >= 0.6 is 0 Å². The minimum Gasteiger partial charge on any atom is -0.396 e. The molecule has 0 spiro atoms. The van der Waals surface area contributed by atoms with Crippen molar-refractivity contribution in [2.45, 2.75) is 119 Å². The van der Waals surface area contributed by atoms with E-state index >= 15 is 0 Å². The molecule has 0 aromatic heterocycles. The zero-order chi connectivity index (χ0) is 25.3. The summed E-state index contributed by atoms with van der Waals surface area (Å²) in [5.74, 6) is 1.71. The Morgan fingerprint density at radius 1 is 1.00 bits per heavy atom. The van der Waals surface area contributed by atoms with E-state index in [-0.39, 0.29) is 34.4 Å². The van der Waals surface area contributed by atoms with Crippen LogP contribution in [0.3, 0.4) is 0 Å². The topological polar surface area (TPSA) is 60.7 Å². The molecule has 0 radical (unpaired) electrons. The minimum atomic E-state index is -0.457. The second-order valence-corrected chi connectivity index (χ2v) is 14.6. The van der Waals surface area contributed by atoms with Crippen LogP contribution in [0.4, 0.5) is 0 Å². The molecule has 2 fully saturated rings. The predicted molar refractivity (Wildman–Crippen MR) is 140 cm³/mol. The zero-order valence-corrected chi connectivity index (χ0v) is 23.2. The fraction of sp³-hybridized carbons (Fsp3) is 0.871. The first-order valence-corrected chi connectivity index (χ1v) is 14.0. The largest absolute Gasteiger partial charge is 0.396 e. The molecule has 3 nitrogen and oxygen atoms in total. The van der Waals surface area contributed by atoms with Crippen LogP contribution in [0.25, 0.3) is 0 Å². The van der Waals surface area contributed by atoms with E-state index in [2.05, 4.69) is 53.7 Å². The van der Waals surface area contributed by atoms with E-state index in [4.69, 9.17) is 0 Å². The van der Waals surface area contributed by atoms with Crippen LogP contribution in [-0.4, -0.2) is 34.1 Å². The standard InChI is InChI=1S/C31H52O3/c1-20(9-12-25(33)27(2,3)19-32)21-13-17-31(8)23-10-11-24-28(4,5)26(34)15-16-29(24,6)22(23)14-18-30(21,31)7/h10,14,20-21,24-26,32-34H,9,11-13,15-19H2,1-8H3. The van der Waals surface area contributed by atoms with Gasteiger partial charge >= 0.3 is 0 Å². The Hall–Kier alpha value is -0.640. The highest BCUT2D eigenvalue weighted by atomic mass is 16.3. The average molecular weight is 473 g/mol. The lowest BCUT2D eigenvalue weighted by Gasteiger charge is -2.61. The Balaban J connectivity index is 1.59. The molecule has 3 N–H and O–H groups in total.